The van der Waals surface area contributed by atoms with Crippen molar-refractivity contribution in [2.24, 2.45) is 16.7 Å². The van der Waals surface area contributed by atoms with Gasteiger partial charge in [0.2, 0.25) is 0 Å². The van der Waals surface area contributed by atoms with Crippen molar-refractivity contribution in [3.63, 3.8) is 0 Å². The molecule has 0 unspecified atom stereocenters. The summed E-state index contributed by atoms with van der Waals surface area (Å²) in [7, 11) is 0. The zero-order valence-corrected chi connectivity index (χ0v) is 11.3. The molecule has 0 amide bonds. The summed E-state index contributed by atoms with van der Waals surface area (Å²) >= 11 is 0. The number of carboxylic acids is 1. The van der Waals surface area contributed by atoms with Crippen molar-refractivity contribution in [1.29, 1.82) is 0 Å². The Balaban J connectivity index is 1.81. The number of carbonyl (C=O) groups is 1. The molecule has 0 aromatic rings. The standard InChI is InChI=1S/C14H25NO2/c1-13(2,3)11-8-15(9-11)10-14(5-4-6-14)7-12(16)17/h11H,4-10H2,1-3H3,(H,16,17). The van der Waals surface area contributed by atoms with Crippen LogP contribution in [0.1, 0.15) is 46.5 Å². The molecule has 0 aromatic heterocycles. The van der Waals surface area contributed by atoms with E-state index in [4.69, 9.17) is 5.11 Å². The van der Waals surface area contributed by atoms with Crippen molar-refractivity contribution in [2.45, 2.75) is 46.5 Å². The molecular formula is C14H25NO2. The van der Waals surface area contributed by atoms with Gasteiger partial charge in [-0.15, -0.1) is 0 Å². The molecular weight excluding hydrogens is 214 g/mol. The SMILES string of the molecule is CC(C)(C)C1CN(CC2(CC(=O)O)CCC2)C1. The van der Waals surface area contributed by atoms with Crippen molar-refractivity contribution < 1.29 is 9.90 Å². The number of aliphatic carboxylic acids is 1. The maximum absolute atomic E-state index is 10.9. The molecule has 1 heterocycles. The quantitative estimate of drug-likeness (QED) is 0.820. The maximum Gasteiger partial charge on any atom is 0.303 e. The van der Waals surface area contributed by atoms with Crippen LogP contribution in [0.4, 0.5) is 0 Å². The lowest BCUT2D eigenvalue weighted by Gasteiger charge is -2.52. The normalized spacial score (nSPS) is 25.1. The maximum atomic E-state index is 10.9. The van der Waals surface area contributed by atoms with Crippen LogP contribution in [0.2, 0.25) is 0 Å². The Morgan fingerprint density at radius 3 is 2.29 bits per heavy atom. The van der Waals surface area contributed by atoms with Crippen molar-refractivity contribution in [3.05, 3.63) is 0 Å². The summed E-state index contributed by atoms with van der Waals surface area (Å²) in [5.41, 5.74) is 0.505. The molecule has 1 saturated heterocycles. The van der Waals surface area contributed by atoms with Gasteiger partial charge in [-0.2, -0.15) is 0 Å². The molecule has 0 radical (unpaired) electrons. The minimum absolute atomic E-state index is 0.106. The van der Waals surface area contributed by atoms with Crippen LogP contribution in [0.25, 0.3) is 0 Å². The molecule has 98 valence electrons. The topological polar surface area (TPSA) is 40.5 Å². The molecule has 3 nitrogen and oxygen atoms in total. The lowest BCUT2D eigenvalue weighted by Crippen LogP contribution is -2.56. The summed E-state index contributed by atoms with van der Waals surface area (Å²) in [6.07, 6.45) is 3.79. The summed E-state index contributed by atoms with van der Waals surface area (Å²) in [5, 5.41) is 8.98. The highest BCUT2D eigenvalue weighted by Crippen LogP contribution is 2.46. The molecule has 2 aliphatic rings. The molecule has 17 heavy (non-hydrogen) atoms. The van der Waals surface area contributed by atoms with Crippen LogP contribution in [-0.4, -0.2) is 35.6 Å². The van der Waals surface area contributed by atoms with Gasteiger partial charge in [0, 0.05) is 19.6 Å². The number of hydrogen-bond donors (Lipinski definition) is 1. The average Bonchev–Trinajstić information content (AvgIpc) is 2.02. The molecule has 3 heteroatoms. The fourth-order valence-corrected chi connectivity index (χ4v) is 3.11. The fourth-order valence-electron chi connectivity index (χ4n) is 3.11. The third kappa shape index (κ3) is 2.82. The Morgan fingerprint density at radius 1 is 1.35 bits per heavy atom. The molecule has 1 aliphatic heterocycles. The summed E-state index contributed by atoms with van der Waals surface area (Å²) in [4.78, 5) is 13.4. The van der Waals surface area contributed by atoms with Crippen molar-refractivity contribution >= 4 is 5.97 Å². The molecule has 1 N–H and O–H groups in total. The second-order valence-electron chi connectivity index (χ2n) is 7.18. The van der Waals surface area contributed by atoms with Crippen LogP contribution in [0.3, 0.4) is 0 Å². The van der Waals surface area contributed by atoms with Gasteiger partial charge in [-0.05, 0) is 29.6 Å². The number of hydrogen-bond acceptors (Lipinski definition) is 2. The Hall–Kier alpha value is -0.570. The van der Waals surface area contributed by atoms with Gasteiger partial charge in [-0.1, -0.05) is 27.2 Å². The molecule has 1 aliphatic carbocycles. The van der Waals surface area contributed by atoms with Gasteiger partial charge in [-0.25, -0.2) is 0 Å². The van der Waals surface area contributed by atoms with E-state index in [1.165, 1.54) is 6.42 Å². The number of carboxylic acid groups (broad SMARTS) is 1. The Morgan fingerprint density at radius 2 is 1.94 bits per heavy atom. The first-order chi connectivity index (χ1) is 7.81. The summed E-state index contributed by atoms with van der Waals surface area (Å²) < 4.78 is 0. The van der Waals surface area contributed by atoms with Crippen LogP contribution in [-0.2, 0) is 4.79 Å². The highest BCUT2D eigenvalue weighted by atomic mass is 16.4. The van der Waals surface area contributed by atoms with E-state index in [2.05, 4.69) is 25.7 Å². The first-order valence-electron chi connectivity index (χ1n) is 6.75. The van der Waals surface area contributed by atoms with E-state index in [1.54, 1.807) is 0 Å². The van der Waals surface area contributed by atoms with Gasteiger partial charge in [0.05, 0.1) is 6.42 Å². The van der Waals surface area contributed by atoms with E-state index >= 15 is 0 Å². The van der Waals surface area contributed by atoms with E-state index in [-0.39, 0.29) is 5.41 Å². The molecule has 0 bridgehead atoms. The predicted molar refractivity (Wildman–Crippen MR) is 67.9 cm³/mol. The van der Waals surface area contributed by atoms with E-state index in [1.807, 2.05) is 0 Å². The number of nitrogens with zero attached hydrogens (tertiary/aromatic N) is 1. The van der Waals surface area contributed by atoms with Crippen LogP contribution in [0, 0.1) is 16.7 Å². The second-order valence-corrected chi connectivity index (χ2v) is 7.18. The first-order valence-corrected chi connectivity index (χ1v) is 6.75. The first kappa shape index (κ1) is 12.9. The van der Waals surface area contributed by atoms with E-state index in [0.29, 0.717) is 11.8 Å². The van der Waals surface area contributed by atoms with Gasteiger partial charge >= 0.3 is 5.97 Å². The lowest BCUT2D eigenvalue weighted by atomic mass is 9.65. The van der Waals surface area contributed by atoms with Crippen molar-refractivity contribution in [1.82, 2.24) is 4.90 Å². The predicted octanol–water partition coefficient (Wildman–Crippen LogP) is 2.61. The molecule has 1 saturated carbocycles. The Labute approximate surface area is 104 Å². The van der Waals surface area contributed by atoms with Crippen LogP contribution in [0.5, 0.6) is 0 Å². The highest BCUT2D eigenvalue weighted by Gasteiger charge is 2.44. The summed E-state index contributed by atoms with van der Waals surface area (Å²) in [5.74, 6) is 0.155. The number of likely N-dealkylation sites (tertiary alicyclic amines) is 1. The Bertz CT molecular complexity index is 296. The molecule has 2 rings (SSSR count). The number of rotatable bonds is 4. The second kappa shape index (κ2) is 4.27. The smallest absolute Gasteiger partial charge is 0.303 e. The third-order valence-electron chi connectivity index (χ3n) is 4.68. The molecule has 2 fully saturated rings. The van der Waals surface area contributed by atoms with Crippen molar-refractivity contribution in [2.75, 3.05) is 19.6 Å². The molecule has 0 spiro atoms. The van der Waals surface area contributed by atoms with Crippen LogP contribution >= 0.6 is 0 Å². The van der Waals surface area contributed by atoms with E-state index in [9.17, 15) is 4.79 Å². The monoisotopic (exact) mass is 239 g/mol. The average molecular weight is 239 g/mol. The zero-order valence-electron chi connectivity index (χ0n) is 11.3. The van der Waals surface area contributed by atoms with Gasteiger partial charge in [0.1, 0.15) is 0 Å². The largest absolute Gasteiger partial charge is 0.481 e. The third-order valence-corrected chi connectivity index (χ3v) is 4.68. The highest BCUT2D eigenvalue weighted by molar-refractivity contribution is 5.68. The zero-order chi connectivity index (χ0) is 12.7. The van der Waals surface area contributed by atoms with Crippen LogP contribution in [0.15, 0.2) is 0 Å². The molecule has 0 aromatic carbocycles. The van der Waals surface area contributed by atoms with E-state index < -0.39 is 5.97 Å². The van der Waals surface area contributed by atoms with Crippen molar-refractivity contribution in [3.8, 4) is 0 Å². The van der Waals surface area contributed by atoms with Gasteiger partial charge < -0.3 is 10.0 Å². The molecule has 0 atom stereocenters. The van der Waals surface area contributed by atoms with Gasteiger partial charge in [0.25, 0.3) is 0 Å². The summed E-state index contributed by atoms with van der Waals surface area (Å²) in [6, 6.07) is 0. The van der Waals surface area contributed by atoms with Gasteiger partial charge in [0.15, 0.2) is 0 Å². The minimum Gasteiger partial charge on any atom is -0.481 e. The lowest BCUT2D eigenvalue weighted by molar-refractivity contribution is -0.143. The van der Waals surface area contributed by atoms with Crippen LogP contribution < -0.4 is 0 Å². The summed E-state index contributed by atoms with van der Waals surface area (Å²) in [6.45, 7) is 10.2. The Kier molecular flexibility index (Phi) is 3.23. The van der Waals surface area contributed by atoms with E-state index in [0.717, 1.165) is 38.4 Å². The minimum atomic E-state index is -0.627. The fraction of sp³-hybridized carbons (Fsp3) is 0.929. The van der Waals surface area contributed by atoms with Gasteiger partial charge in [-0.3, -0.25) is 4.79 Å².